The van der Waals surface area contributed by atoms with E-state index in [-0.39, 0.29) is 25.1 Å². The monoisotopic (exact) mass is 523 g/mol. The van der Waals surface area contributed by atoms with Gasteiger partial charge in [-0.25, -0.2) is 9.37 Å². The van der Waals surface area contributed by atoms with Crippen LogP contribution in [-0.2, 0) is 4.79 Å². The average Bonchev–Trinajstić information content (AvgIpc) is 2.84. The number of aliphatic hydroxyl groups is 1. The van der Waals surface area contributed by atoms with Crippen molar-refractivity contribution in [1.82, 2.24) is 25.4 Å². The summed E-state index contributed by atoms with van der Waals surface area (Å²) in [5, 5.41) is 27.7. The summed E-state index contributed by atoms with van der Waals surface area (Å²) in [4.78, 5) is 18.9. The molecule has 4 rings (SSSR count). The van der Waals surface area contributed by atoms with E-state index in [1.807, 2.05) is 18.7 Å². The highest BCUT2D eigenvalue weighted by Crippen LogP contribution is 2.32. The third kappa shape index (κ3) is 7.25. The number of benzene rings is 1. The first-order valence-electron chi connectivity index (χ1n) is 11.9. The maximum atomic E-state index is 14.5. The van der Waals surface area contributed by atoms with Crippen LogP contribution in [0, 0.1) is 12.7 Å². The number of carbonyl (C=O) groups is 1. The summed E-state index contributed by atoms with van der Waals surface area (Å²) >= 11 is 1.33. The van der Waals surface area contributed by atoms with Crippen LogP contribution >= 0.6 is 11.8 Å². The van der Waals surface area contributed by atoms with Gasteiger partial charge in [-0.1, -0.05) is 18.2 Å². The largest absolute Gasteiger partial charge is 0.396 e. The smallest absolute Gasteiger partial charge is 0.239 e. The number of thioether (sulfide) groups is 1. The van der Waals surface area contributed by atoms with E-state index in [0.29, 0.717) is 45.8 Å². The lowest BCUT2D eigenvalue weighted by molar-refractivity contribution is -0.117. The van der Waals surface area contributed by atoms with E-state index < -0.39 is 5.82 Å². The fourth-order valence-corrected chi connectivity index (χ4v) is 4.73. The van der Waals surface area contributed by atoms with Gasteiger partial charge < -0.3 is 21.1 Å². The van der Waals surface area contributed by atoms with Gasteiger partial charge in [-0.05, 0) is 38.1 Å². The van der Waals surface area contributed by atoms with Crippen LogP contribution in [0.3, 0.4) is 0 Å². The molecule has 1 aliphatic rings. The molecule has 1 unspecified atom stereocenters. The van der Waals surface area contributed by atoms with Crippen LogP contribution in [0.2, 0.25) is 0 Å². The molecule has 3 aromatic rings. The third-order valence-electron chi connectivity index (χ3n) is 5.56. The minimum Gasteiger partial charge on any atom is -0.396 e. The minimum absolute atomic E-state index is 0.0231. The number of amides is 1. The van der Waals surface area contributed by atoms with Gasteiger partial charge in [0.15, 0.2) is 0 Å². The van der Waals surface area contributed by atoms with E-state index in [1.165, 1.54) is 17.8 Å². The topological polar surface area (TPSA) is 115 Å². The maximum Gasteiger partial charge on any atom is 0.239 e. The van der Waals surface area contributed by atoms with Gasteiger partial charge in [-0.2, -0.15) is 0 Å². The fourth-order valence-electron chi connectivity index (χ4n) is 4.09. The summed E-state index contributed by atoms with van der Waals surface area (Å²) in [6, 6.07) is 10.2. The molecule has 11 heteroatoms. The zero-order chi connectivity index (χ0) is 26.4. The van der Waals surface area contributed by atoms with Gasteiger partial charge in [0.25, 0.3) is 0 Å². The highest BCUT2D eigenvalue weighted by atomic mass is 32.2. The van der Waals surface area contributed by atoms with Crippen molar-refractivity contribution in [3.63, 3.8) is 0 Å². The number of hydrogen-bond donors (Lipinski definition) is 4. The Morgan fingerprint density at radius 3 is 2.92 bits per heavy atom. The highest BCUT2D eigenvalue weighted by Gasteiger charge is 2.20. The number of halogens is 1. The zero-order valence-corrected chi connectivity index (χ0v) is 21.6. The predicted octanol–water partition coefficient (Wildman–Crippen LogP) is 3.56. The van der Waals surface area contributed by atoms with Crippen LogP contribution in [0.15, 0.2) is 59.9 Å². The summed E-state index contributed by atoms with van der Waals surface area (Å²) in [7, 11) is 0. The lowest BCUT2D eigenvalue weighted by atomic mass is 10.1. The average molecular weight is 524 g/mol. The van der Waals surface area contributed by atoms with Gasteiger partial charge in [0.1, 0.15) is 16.7 Å². The minimum atomic E-state index is -0.391. The SMILES string of the molecule is C=C1CN(CC(=O)Nc2cc(Nc3cc(-c4cc(C)ccc4F)nnc3SCCO)ccn2)CC(C)N1. The van der Waals surface area contributed by atoms with Crippen molar-refractivity contribution < 1.29 is 14.3 Å². The Morgan fingerprint density at radius 2 is 2.14 bits per heavy atom. The Morgan fingerprint density at radius 1 is 1.30 bits per heavy atom. The fraction of sp³-hybridized carbons (Fsp3) is 0.308. The molecular weight excluding hydrogens is 493 g/mol. The van der Waals surface area contributed by atoms with Crippen molar-refractivity contribution in [3.8, 4) is 11.3 Å². The van der Waals surface area contributed by atoms with Crippen LogP contribution in [0.1, 0.15) is 12.5 Å². The van der Waals surface area contributed by atoms with Crippen molar-refractivity contribution >= 4 is 34.9 Å². The molecule has 9 nitrogen and oxygen atoms in total. The number of nitrogens with one attached hydrogen (secondary N) is 3. The normalized spacial score (nSPS) is 15.8. The van der Waals surface area contributed by atoms with Crippen LogP contribution in [0.25, 0.3) is 11.3 Å². The van der Waals surface area contributed by atoms with E-state index in [1.54, 1.807) is 36.5 Å². The first-order valence-corrected chi connectivity index (χ1v) is 12.9. The second-order valence-electron chi connectivity index (χ2n) is 8.93. The second kappa shape index (κ2) is 12.1. The number of carbonyl (C=O) groups excluding carboxylic acids is 1. The quantitative estimate of drug-likeness (QED) is 0.313. The van der Waals surface area contributed by atoms with Crippen LogP contribution in [0.5, 0.6) is 0 Å². The molecule has 0 spiro atoms. The lowest BCUT2D eigenvalue weighted by Gasteiger charge is -2.33. The number of hydrogen-bond acceptors (Lipinski definition) is 9. The summed E-state index contributed by atoms with van der Waals surface area (Å²) in [5.41, 5.74) is 3.78. The molecule has 2 aromatic heterocycles. The van der Waals surface area contributed by atoms with Crippen LogP contribution in [0.4, 0.5) is 21.6 Å². The summed E-state index contributed by atoms with van der Waals surface area (Å²) < 4.78 is 14.5. The van der Waals surface area contributed by atoms with Crippen molar-refractivity contribution in [2.24, 2.45) is 0 Å². The van der Waals surface area contributed by atoms with Crippen molar-refractivity contribution in [3.05, 3.63) is 66.3 Å². The number of aromatic nitrogens is 3. The number of aryl methyl sites for hydroxylation is 1. The molecule has 1 fully saturated rings. The number of anilines is 3. The number of pyridine rings is 1. The molecule has 1 atom stereocenters. The first-order chi connectivity index (χ1) is 17.8. The molecule has 4 N–H and O–H groups in total. The Bertz CT molecular complexity index is 1290. The van der Waals surface area contributed by atoms with Crippen LogP contribution in [-0.4, -0.2) is 69.1 Å². The van der Waals surface area contributed by atoms with E-state index in [2.05, 4.69) is 37.7 Å². The molecule has 1 saturated heterocycles. The van der Waals surface area contributed by atoms with Crippen molar-refractivity contribution in [2.75, 3.05) is 42.6 Å². The van der Waals surface area contributed by atoms with Crippen molar-refractivity contribution in [1.29, 1.82) is 0 Å². The van der Waals surface area contributed by atoms with E-state index in [4.69, 9.17) is 0 Å². The molecule has 1 amide bonds. The Balaban J connectivity index is 1.52. The molecule has 194 valence electrons. The van der Waals surface area contributed by atoms with E-state index in [9.17, 15) is 14.3 Å². The zero-order valence-electron chi connectivity index (χ0n) is 20.8. The van der Waals surface area contributed by atoms with Crippen molar-refractivity contribution in [2.45, 2.75) is 24.9 Å². The van der Waals surface area contributed by atoms with Gasteiger partial charge in [0.2, 0.25) is 5.91 Å². The maximum absolute atomic E-state index is 14.5. The van der Waals surface area contributed by atoms with Gasteiger partial charge in [-0.15, -0.1) is 22.0 Å². The van der Waals surface area contributed by atoms with Gasteiger partial charge in [0.05, 0.1) is 24.5 Å². The Hall–Kier alpha value is -3.54. The molecule has 3 heterocycles. The van der Waals surface area contributed by atoms with Gasteiger partial charge in [0, 0.05) is 54.1 Å². The van der Waals surface area contributed by atoms with Crippen LogP contribution < -0.4 is 16.0 Å². The third-order valence-corrected chi connectivity index (χ3v) is 6.52. The molecule has 37 heavy (non-hydrogen) atoms. The van der Waals surface area contributed by atoms with Gasteiger partial charge >= 0.3 is 0 Å². The molecular formula is C26H30FN7O2S. The predicted molar refractivity (Wildman–Crippen MR) is 144 cm³/mol. The van der Waals surface area contributed by atoms with E-state index >= 15 is 0 Å². The molecule has 0 aliphatic carbocycles. The number of aliphatic hydroxyl groups excluding tert-OH is 1. The number of nitrogens with zero attached hydrogens (tertiary/aromatic N) is 4. The molecule has 0 radical (unpaired) electrons. The first kappa shape index (κ1) is 26.5. The molecule has 1 aliphatic heterocycles. The summed E-state index contributed by atoms with van der Waals surface area (Å²) in [6.07, 6.45) is 1.59. The summed E-state index contributed by atoms with van der Waals surface area (Å²) in [6.45, 7) is 9.46. The summed E-state index contributed by atoms with van der Waals surface area (Å²) in [5.74, 6) is 0.260. The lowest BCUT2D eigenvalue weighted by Crippen LogP contribution is -2.49. The Kier molecular flexibility index (Phi) is 8.70. The second-order valence-corrected chi connectivity index (χ2v) is 10.0. The number of piperazine rings is 1. The Labute approximate surface area is 219 Å². The van der Waals surface area contributed by atoms with Gasteiger partial charge in [-0.3, -0.25) is 9.69 Å². The molecule has 0 bridgehead atoms. The van der Waals surface area contributed by atoms with E-state index in [0.717, 1.165) is 17.8 Å². The molecule has 0 saturated carbocycles. The standard InChI is InChI=1S/C26H30FN7O2S/c1-16-4-5-21(27)20(10-16)22-12-23(26(33-32-22)37-9-8-35)30-19-6-7-28-24(11-19)31-25(36)15-34-13-17(2)29-18(3)14-34/h4-7,10-12,18,29,35H,2,8-9,13-15H2,1,3H3,(H2,28,30,31,32,36). The number of rotatable bonds is 9. The highest BCUT2D eigenvalue weighted by molar-refractivity contribution is 7.99. The molecule has 1 aromatic carbocycles.